The lowest BCUT2D eigenvalue weighted by Crippen LogP contribution is -2.19. The number of carbonyl (C=O) groups is 1. The summed E-state index contributed by atoms with van der Waals surface area (Å²) in [6, 6.07) is 8.20. The third-order valence-corrected chi connectivity index (χ3v) is 5.13. The van der Waals surface area contributed by atoms with Crippen LogP contribution in [-0.2, 0) is 0 Å². The number of anilines is 1. The van der Waals surface area contributed by atoms with Gasteiger partial charge in [0.15, 0.2) is 11.7 Å². The van der Waals surface area contributed by atoms with Crippen molar-refractivity contribution < 1.29 is 27.6 Å². The normalized spacial score (nSPS) is 11.5. The second-order valence-corrected chi connectivity index (χ2v) is 7.47. The van der Waals surface area contributed by atoms with E-state index in [9.17, 15) is 28.1 Å². The number of hydrogen-bond donors (Lipinski definition) is 1. The van der Waals surface area contributed by atoms with E-state index in [1.165, 1.54) is 53.6 Å². The van der Waals surface area contributed by atoms with E-state index in [1.54, 1.807) is 0 Å². The molecule has 0 saturated carbocycles. The van der Waals surface area contributed by atoms with Crippen LogP contribution in [0.2, 0.25) is 0 Å². The minimum Gasteiger partial charge on any atom is -0.484 e. The number of aromatic nitrogens is 3. The van der Waals surface area contributed by atoms with E-state index in [4.69, 9.17) is 4.74 Å². The summed E-state index contributed by atoms with van der Waals surface area (Å²) in [4.78, 5) is 31.5. The van der Waals surface area contributed by atoms with Gasteiger partial charge in [-0.1, -0.05) is 11.3 Å². The van der Waals surface area contributed by atoms with Crippen LogP contribution in [0, 0.1) is 10.1 Å². The molecule has 4 aromatic rings. The fourth-order valence-corrected chi connectivity index (χ4v) is 3.70. The zero-order valence-electron chi connectivity index (χ0n) is 15.9. The number of nitro benzene ring substituents is 1. The highest BCUT2D eigenvalue weighted by Crippen LogP contribution is 2.31. The molecule has 2 heterocycles. The first kappa shape index (κ1) is 21.2. The Labute approximate surface area is 181 Å². The van der Waals surface area contributed by atoms with Crippen molar-refractivity contribution in [1.29, 1.82) is 0 Å². The number of alkyl halides is 3. The second-order valence-electron chi connectivity index (χ2n) is 6.44. The van der Waals surface area contributed by atoms with Crippen LogP contribution in [0.3, 0.4) is 0 Å². The Hall–Kier alpha value is -4.00. The summed E-state index contributed by atoms with van der Waals surface area (Å²) >= 11 is 1.03. The number of fused-ring (bicyclic) bond motifs is 1. The molecule has 0 aliphatic heterocycles. The predicted molar refractivity (Wildman–Crippen MR) is 109 cm³/mol. The first-order valence-electron chi connectivity index (χ1n) is 8.88. The lowest BCUT2D eigenvalue weighted by atomic mass is 10.1. The van der Waals surface area contributed by atoms with Gasteiger partial charge in [-0.2, -0.15) is 13.2 Å². The van der Waals surface area contributed by atoms with E-state index in [0.29, 0.717) is 10.2 Å². The van der Waals surface area contributed by atoms with Crippen molar-refractivity contribution >= 4 is 38.3 Å². The van der Waals surface area contributed by atoms with E-state index in [2.05, 4.69) is 15.3 Å². The Morgan fingerprint density at radius 2 is 2.06 bits per heavy atom. The zero-order valence-corrected chi connectivity index (χ0v) is 16.7. The number of halogens is 3. The molecule has 0 atom stereocenters. The van der Waals surface area contributed by atoms with Gasteiger partial charge in [0.1, 0.15) is 11.4 Å². The van der Waals surface area contributed by atoms with Crippen LogP contribution >= 0.6 is 11.3 Å². The molecule has 164 valence electrons. The molecule has 0 saturated heterocycles. The Kier molecular flexibility index (Phi) is 5.48. The van der Waals surface area contributed by atoms with Gasteiger partial charge in [-0.15, -0.1) is 0 Å². The van der Waals surface area contributed by atoms with Gasteiger partial charge in [0.05, 0.1) is 21.5 Å². The van der Waals surface area contributed by atoms with Gasteiger partial charge in [0.25, 0.3) is 11.6 Å². The standard InChI is InChI=1S/C19H12F3N5O4S/c20-19(21,22)9-31-12-2-3-13-16(8-12)32-18(24-13)25-17(28)11-1-4-14(15(7-11)27(29)30)26-6-5-23-10-26/h1-8,10H,9H2,(H,24,25,28). The van der Waals surface area contributed by atoms with E-state index in [-0.39, 0.29) is 27.8 Å². The molecule has 0 aliphatic rings. The van der Waals surface area contributed by atoms with Gasteiger partial charge >= 0.3 is 6.18 Å². The fourth-order valence-electron chi connectivity index (χ4n) is 2.81. The molecule has 0 bridgehead atoms. The molecular weight excluding hydrogens is 451 g/mol. The lowest BCUT2D eigenvalue weighted by Gasteiger charge is -2.08. The van der Waals surface area contributed by atoms with Gasteiger partial charge in [-0.05, 0) is 30.3 Å². The predicted octanol–water partition coefficient (Wildman–Crippen LogP) is 4.58. The quantitative estimate of drug-likeness (QED) is 0.331. The molecule has 0 radical (unpaired) electrons. The van der Waals surface area contributed by atoms with Crippen molar-refractivity contribution in [2.75, 3.05) is 11.9 Å². The Morgan fingerprint density at radius 1 is 1.25 bits per heavy atom. The Balaban J connectivity index is 1.54. The zero-order chi connectivity index (χ0) is 22.9. The van der Waals surface area contributed by atoms with Gasteiger partial charge in [-0.25, -0.2) is 9.97 Å². The monoisotopic (exact) mass is 463 g/mol. The van der Waals surface area contributed by atoms with Crippen molar-refractivity contribution in [2.24, 2.45) is 0 Å². The van der Waals surface area contributed by atoms with E-state index in [0.717, 1.165) is 17.4 Å². The summed E-state index contributed by atoms with van der Waals surface area (Å²) in [5.41, 5.74) is 0.446. The van der Waals surface area contributed by atoms with Gasteiger partial charge in [0.2, 0.25) is 0 Å². The molecule has 13 heteroatoms. The van der Waals surface area contributed by atoms with Crippen molar-refractivity contribution in [3.05, 3.63) is 70.8 Å². The van der Waals surface area contributed by atoms with E-state index >= 15 is 0 Å². The molecule has 1 amide bonds. The molecule has 0 unspecified atom stereocenters. The molecule has 0 fully saturated rings. The smallest absolute Gasteiger partial charge is 0.422 e. The van der Waals surface area contributed by atoms with Gasteiger partial charge < -0.3 is 9.30 Å². The number of nitro groups is 1. The number of imidazole rings is 1. The molecule has 2 aromatic carbocycles. The number of ether oxygens (including phenoxy) is 1. The molecule has 2 aromatic heterocycles. The van der Waals surface area contributed by atoms with Crippen LogP contribution < -0.4 is 10.1 Å². The molecule has 1 N–H and O–H groups in total. The summed E-state index contributed by atoms with van der Waals surface area (Å²) in [6.07, 6.45) is -0.0549. The first-order valence-corrected chi connectivity index (χ1v) is 9.69. The van der Waals surface area contributed by atoms with Crippen molar-refractivity contribution in [3.63, 3.8) is 0 Å². The molecule has 4 rings (SSSR count). The second kappa shape index (κ2) is 8.26. The number of carbonyl (C=O) groups excluding carboxylic acids is 1. The number of nitrogens with zero attached hydrogens (tertiary/aromatic N) is 4. The summed E-state index contributed by atoms with van der Waals surface area (Å²) in [5, 5.41) is 14.2. The summed E-state index contributed by atoms with van der Waals surface area (Å²) in [7, 11) is 0. The van der Waals surface area contributed by atoms with Gasteiger partial charge in [0, 0.05) is 24.0 Å². The van der Waals surface area contributed by atoms with Crippen molar-refractivity contribution in [1.82, 2.24) is 14.5 Å². The third-order valence-electron chi connectivity index (χ3n) is 4.20. The number of rotatable bonds is 6. The fraction of sp³-hybridized carbons (Fsp3) is 0.105. The van der Waals surface area contributed by atoms with Crippen LogP contribution in [0.5, 0.6) is 5.75 Å². The maximum atomic E-state index is 12.6. The topological polar surface area (TPSA) is 112 Å². The number of nitrogens with one attached hydrogen (secondary N) is 1. The van der Waals surface area contributed by atoms with E-state index < -0.39 is 23.6 Å². The highest BCUT2D eigenvalue weighted by molar-refractivity contribution is 7.22. The number of hydrogen-bond acceptors (Lipinski definition) is 7. The minimum atomic E-state index is -4.46. The average Bonchev–Trinajstić information content (AvgIpc) is 3.40. The Morgan fingerprint density at radius 3 is 2.75 bits per heavy atom. The first-order chi connectivity index (χ1) is 15.2. The van der Waals surface area contributed by atoms with Crippen LogP contribution in [-0.4, -0.2) is 38.1 Å². The molecule has 0 spiro atoms. The van der Waals surface area contributed by atoms with Crippen molar-refractivity contribution in [2.45, 2.75) is 6.18 Å². The van der Waals surface area contributed by atoms with Gasteiger partial charge in [-0.3, -0.25) is 20.2 Å². The van der Waals surface area contributed by atoms with E-state index in [1.807, 2.05) is 0 Å². The minimum absolute atomic E-state index is 0.0158. The summed E-state index contributed by atoms with van der Waals surface area (Å²) in [6.45, 7) is -1.42. The Bertz CT molecular complexity index is 1300. The van der Waals surface area contributed by atoms with Crippen LogP contribution in [0.15, 0.2) is 55.1 Å². The SMILES string of the molecule is O=C(Nc1nc2ccc(OCC(F)(F)F)cc2s1)c1ccc(-n2ccnc2)c([N+](=O)[O-])c1. The summed E-state index contributed by atoms with van der Waals surface area (Å²) in [5.74, 6) is -0.611. The number of benzene rings is 2. The highest BCUT2D eigenvalue weighted by atomic mass is 32.1. The molecular formula is C19H12F3N5O4S. The maximum Gasteiger partial charge on any atom is 0.422 e. The average molecular weight is 463 g/mol. The molecule has 0 aliphatic carbocycles. The largest absolute Gasteiger partial charge is 0.484 e. The third kappa shape index (κ3) is 4.67. The van der Waals surface area contributed by atoms with Crippen LogP contribution in [0.1, 0.15) is 10.4 Å². The lowest BCUT2D eigenvalue weighted by molar-refractivity contribution is -0.384. The maximum absolute atomic E-state index is 12.6. The van der Waals surface area contributed by atoms with Crippen LogP contribution in [0.25, 0.3) is 15.9 Å². The summed E-state index contributed by atoms with van der Waals surface area (Å²) < 4.78 is 43.6. The number of amides is 1. The number of thiazole rings is 1. The molecule has 9 nitrogen and oxygen atoms in total. The highest BCUT2D eigenvalue weighted by Gasteiger charge is 2.28. The van der Waals surface area contributed by atoms with Crippen molar-refractivity contribution in [3.8, 4) is 11.4 Å². The van der Waals surface area contributed by atoms with Crippen LogP contribution in [0.4, 0.5) is 24.0 Å². The molecule has 32 heavy (non-hydrogen) atoms.